The third kappa shape index (κ3) is 4.26. The molecule has 21 heavy (non-hydrogen) atoms. The largest absolute Gasteiger partial charge is 0.433 e. The van der Waals surface area contributed by atoms with Crippen molar-refractivity contribution in [1.82, 2.24) is 20.1 Å². The van der Waals surface area contributed by atoms with Crippen LogP contribution in [0.5, 0.6) is 11.6 Å². The minimum absolute atomic E-state index is 0.0193. The lowest BCUT2D eigenvalue weighted by Crippen LogP contribution is -2.22. The molecule has 1 N–H and O–H groups in total. The number of aryl methyl sites for hydroxylation is 1. The molecule has 0 unspecified atom stereocenters. The molecule has 0 bridgehead atoms. The molecule has 0 atom stereocenters. The average Bonchev–Trinajstić information content (AvgIpc) is 2.87. The normalized spacial score (nSPS) is 11.1. The van der Waals surface area contributed by atoms with E-state index in [2.05, 4.69) is 22.3 Å². The first kappa shape index (κ1) is 15.4. The van der Waals surface area contributed by atoms with Crippen LogP contribution in [0.2, 0.25) is 0 Å². The molecule has 0 radical (unpaired) electrons. The summed E-state index contributed by atoms with van der Waals surface area (Å²) in [5, 5.41) is 7.32. The Labute approximate surface area is 124 Å². The van der Waals surface area contributed by atoms with E-state index in [1.807, 2.05) is 13.8 Å². The Hall–Kier alpha value is -1.95. The molecule has 0 aromatic carbocycles. The number of nitrogens with zero attached hydrogens (tertiary/aromatic N) is 3. The number of aromatic nitrogens is 3. The fourth-order valence-electron chi connectivity index (χ4n) is 1.84. The highest BCUT2D eigenvalue weighted by atomic mass is 19.1. The summed E-state index contributed by atoms with van der Waals surface area (Å²) in [6.07, 6.45) is 5.83. The highest BCUT2D eigenvalue weighted by Crippen LogP contribution is 2.23. The number of hydrogen-bond donors (Lipinski definition) is 1. The van der Waals surface area contributed by atoms with Gasteiger partial charge in [-0.1, -0.05) is 20.8 Å². The molecule has 114 valence electrons. The van der Waals surface area contributed by atoms with Gasteiger partial charge in [0.25, 0.3) is 5.88 Å². The minimum atomic E-state index is -0.436. The van der Waals surface area contributed by atoms with E-state index >= 15 is 0 Å². The molecule has 2 aromatic rings. The second kappa shape index (κ2) is 7.17. The smallest absolute Gasteiger partial charge is 0.256 e. The molecule has 0 saturated carbocycles. The van der Waals surface area contributed by atoms with E-state index in [4.69, 9.17) is 4.74 Å². The van der Waals surface area contributed by atoms with Crippen LogP contribution in [0.15, 0.2) is 24.7 Å². The fourth-order valence-corrected chi connectivity index (χ4v) is 1.84. The molecule has 0 saturated heterocycles. The molecule has 2 rings (SSSR count). The third-order valence-corrected chi connectivity index (χ3v) is 2.91. The molecule has 0 aliphatic rings. The first-order chi connectivity index (χ1) is 10.1. The number of rotatable bonds is 7. The van der Waals surface area contributed by atoms with Gasteiger partial charge in [0.05, 0.1) is 12.4 Å². The van der Waals surface area contributed by atoms with Crippen molar-refractivity contribution in [1.29, 1.82) is 0 Å². The Bertz CT molecular complexity index is 583. The lowest BCUT2D eigenvalue weighted by atomic mass is 10.2. The topological polar surface area (TPSA) is 52.0 Å². The van der Waals surface area contributed by atoms with Crippen molar-refractivity contribution < 1.29 is 9.13 Å². The second-order valence-electron chi connectivity index (χ2n) is 5.17. The quantitative estimate of drug-likeness (QED) is 0.852. The Balaban J connectivity index is 2.10. The maximum Gasteiger partial charge on any atom is 0.256 e. The molecule has 2 aromatic heterocycles. The van der Waals surface area contributed by atoms with Crippen LogP contribution in [0.1, 0.15) is 32.8 Å². The van der Waals surface area contributed by atoms with E-state index in [0.717, 1.165) is 13.0 Å². The van der Waals surface area contributed by atoms with E-state index in [0.29, 0.717) is 17.9 Å². The number of pyridine rings is 1. The van der Waals surface area contributed by atoms with Gasteiger partial charge >= 0.3 is 0 Å². The van der Waals surface area contributed by atoms with Gasteiger partial charge in [-0.15, -0.1) is 0 Å². The van der Waals surface area contributed by atoms with Crippen LogP contribution < -0.4 is 10.1 Å². The van der Waals surface area contributed by atoms with Crippen LogP contribution in [-0.2, 0) is 13.1 Å². The Kier molecular flexibility index (Phi) is 5.27. The molecule has 2 heterocycles. The zero-order valence-corrected chi connectivity index (χ0v) is 12.6. The van der Waals surface area contributed by atoms with Gasteiger partial charge in [0.15, 0.2) is 11.6 Å². The third-order valence-electron chi connectivity index (χ3n) is 2.91. The first-order valence-electron chi connectivity index (χ1n) is 7.17. The van der Waals surface area contributed by atoms with Gasteiger partial charge in [-0.2, -0.15) is 5.10 Å². The Morgan fingerprint density at radius 1 is 1.43 bits per heavy atom. The lowest BCUT2D eigenvalue weighted by Gasteiger charge is -2.10. The monoisotopic (exact) mass is 292 g/mol. The van der Waals surface area contributed by atoms with E-state index in [9.17, 15) is 4.39 Å². The summed E-state index contributed by atoms with van der Waals surface area (Å²) in [5.74, 6) is 0.0341. The van der Waals surface area contributed by atoms with Gasteiger partial charge < -0.3 is 10.1 Å². The molecule has 0 aliphatic heterocycles. The van der Waals surface area contributed by atoms with Crippen LogP contribution in [-0.4, -0.2) is 20.8 Å². The van der Waals surface area contributed by atoms with Gasteiger partial charge in [0, 0.05) is 30.9 Å². The molecule has 5 nitrogen and oxygen atoms in total. The van der Waals surface area contributed by atoms with Crippen molar-refractivity contribution in [2.75, 3.05) is 0 Å². The first-order valence-corrected chi connectivity index (χ1v) is 7.17. The average molecular weight is 292 g/mol. The predicted molar refractivity (Wildman–Crippen MR) is 78.8 cm³/mol. The Morgan fingerprint density at radius 2 is 2.24 bits per heavy atom. The van der Waals surface area contributed by atoms with Gasteiger partial charge in [-0.25, -0.2) is 9.37 Å². The molecular weight excluding hydrogens is 271 g/mol. The minimum Gasteiger partial charge on any atom is -0.433 e. The van der Waals surface area contributed by atoms with E-state index in [1.165, 1.54) is 0 Å². The number of hydrogen-bond acceptors (Lipinski definition) is 4. The van der Waals surface area contributed by atoms with Crippen molar-refractivity contribution in [2.24, 2.45) is 0 Å². The van der Waals surface area contributed by atoms with Gasteiger partial charge in [-0.3, -0.25) is 4.68 Å². The maximum atomic E-state index is 14.3. The summed E-state index contributed by atoms with van der Waals surface area (Å²) in [6, 6.07) is 1.94. The summed E-state index contributed by atoms with van der Waals surface area (Å²) < 4.78 is 21.6. The van der Waals surface area contributed by atoms with Crippen molar-refractivity contribution in [3.05, 3.63) is 36.0 Å². The van der Waals surface area contributed by atoms with Crippen molar-refractivity contribution in [2.45, 2.75) is 46.3 Å². The summed E-state index contributed by atoms with van der Waals surface area (Å²) >= 11 is 0. The number of nitrogens with one attached hydrogen (secondary N) is 1. The second-order valence-corrected chi connectivity index (χ2v) is 5.17. The SMILES string of the molecule is CCCn1cc(Oc2nccc(CNC(C)C)c2F)cn1. The predicted octanol–water partition coefficient (Wildman–Crippen LogP) is 3.12. The Morgan fingerprint density at radius 3 is 2.95 bits per heavy atom. The zero-order chi connectivity index (χ0) is 15.2. The standard InChI is InChI=1S/C15H21FN4O/c1-4-7-20-10-13(9-19-20)21-15-14(16)12(5-6-17-15)8-18-11(2)3/h5-6,9-11,18H,4,7-8H2,1-3H3. The maximum absolute atomic E-state index is 14.3. The summed E-state index contributed by atoms with van der Waals surface area (Å²) in [5.41, 5.74) is 0.537. The van der Waals surface area contributed by atoms with Gasteiger partial charge in [0.1, 0.15) is 0 Å². The van der Waals surface area contributed by atoms with Crippen LogP contribution in [0.3, 0.4) is 0 Å². The summed E-state index contributed by atoms with van der Waals surface area (Å²) in [4.78, 5) is 3.95. The van der Waals surface area contributed by atoms with Crippen molar-refractivity contribution >= 4 is 0 Å². The van der Waals surface area contributed by atoms with Crippen molar-refractivity contribution in [3.8, 4) is 11.6 Å². The summed E-state index contributed by atoms with van der Waals surface area (Å²) in [6.45, 7) is 7.33. The van der Waals surface area contributed by atoms with E-state index in [1.54, 1.807) is 29.3 Å². The van der Waals surface area contributed by atoms with Crippen molar-refractivity contribution in [3.63, 3.8) is 0 Å². The molecule has 6 heteroatoms. The van der Waals surface area contributed by atoms with E-state index in [-0.39, 0.29) is 11.9 Å². The number of ether oxygens (including phenoxy) is 1. The van der Waals surface area contributed by atoms with Gasteiger partial charge in [-0.05, 0) is 12.5 Å². The molecule has 0 spiro atoms. The zero-order valence-electron chi connectivity index (χ0n) is 12.6. The number of halogens is 1. The van der Waals surface area contributed by atoms with Crippen LogP contribution in [0, 0.1) is 5.82 Å². The highest BCUT2D eigenvalue weighted by Gasteiger charge is 2.12. The molecule has 0 fully saturated rings. The summed E-state index contributed by atoms with van der Waals surface area (Å²) in [7, 11) is 0. The fraction of sp³-hybridized carbons (Fsp3) is 0.467. The molecular formula is C15H21FN4O. The van der Waals surface area contributed by atoms with Crippen LogP contribution >= 0.6 is 0 Å². The van der Waals surface area contributed by atoms with Gasteiger partial charge in [0.2, 0.25) is 0 Å². The van der Waals surface area contributed by atoms with Crippen LogP contribution in [0.4, 0.5) is 4.39 Å². The highest BCUT2D eigenvalue weighted by molar-refractivity contribution is 5.28. The van der Waals surface area contributed by atoms with E-state index < -0.39 is 5.82 Å². The lowest BCUT2D eigenvalue weighted by molar-refractivity contribution is 0.415. The van der Waals surface area contributed by atoms with Crippen LogP contribution in [0.25, 0.3) is 0 Å². The molecule has 0 amide bonds. The molecule has 0 aliphatic carbocycles.